The highest BCUT2D eigenvalue weighted by Crippen LogP contribution is 2.37. The number of ether oxygens (including phenoxy) is 1. The first kappa shape index (κ1) is 19.2. The minimum atomic E-state index is -0.690. The highest BCUT2D eigenvalue weighted by Gasteiger charge is 2.26. The lowest BCUT2D eigenvalue weighted by Crippen LogP contribution is -2.22. The molecule has 0 aliphatic heterocycles. The van der Waals surface area contributed by atoms with Crippen LogP contribution in [-0.4, -0.2) is 23.5 Å². The van der Waals surface area contributed by atoms with Gasteiger partial charge in [-0.2, -0.15) is 0 Å². The third-order valence-electron chi connectivity index (χ3n) is 4.95. The van der Waals surface area contributed by atoms with Crippen LogP contribution in [0.1, 0.15) is 40.0 Å². The van der Waals surface area contributed by atoms with E-state index in [1.807, 2.05) is 54.6 Å². The van der Waals surface area contributed by atoms with Crippen LogP contribution in [-0.2, 0) is 16.0 Å². The van der Waals surface area contributed by atoms with Gasteiger partial charge in [0.25, 0.3) is 5.91 Å². The molecule has 0 saturated heterocycles. The van der Waals surface area contributed by atoms with Gasteiger partial charge in [0, 0.05) is 10.4 Å². The van der Waals surface area contributed by atoms with Crippen molar-refractivity contribution in [2.24, 2.45) is 5.73 Å². The van der Waals surface area contributed by atoms with E-state index in [4.69, 9.17) is 27.1 Å². The molecule has 146 valence electrons. The molecule has 1 amide bonds. The minimum absolute atomic E-state index is 0.452. The SMILES string of the molecule is NC(=O)COC(=O)c1c2c(nc3ccccc13)/C(=C/c1ccccc1Cl)CCC2. The van der Waals surface area contributed by atoms with E-state index in [2.05, 4.69) is 0 Å². The fourth-order valence-electron chi connectivity index (χ4n) is 3.70. The Kier molecular flexibility index (Phi) is 5.32. The monoisotopic (exact) mass is 406 g/mol. The van der Waals surface area contributed by atoms with Gasteiger partial charge in [-0.15, -0.1) is 0 Å². The van der Waals surface area contributed by atoms with Gasteiger partial charge in [-0.25, -0.2) is 9.78 Å². The maximum absolute atomic E-state index is 12.9. The largest absolute Gasteiger partial charge is 0.452 e. The second kappa shape index (κ2) is 8.05. The molecule has 1 aliphatic rings. The number of aromatic nitrogens is 1. The number of halogens is 1. The summed E-state index contributed by atoms with van der Waals surface area (Å²) in [5.74, 6) is -1.25. The second-order valence-corrected chi connectivity index (χ2v) is 7.33. The molecule has 2 aromatic carbocycles. The van der Waals surface area contributed by atoms with Crippen molar-refractivity contribution in [3.8, 4) is 0 Å². The third-order valence-corrected chi connectivity index (χ3v) is 5.30. The Morgan fingerprint density at radius 1 is 1.10 bits per heavy atom. The first-order valence-corrected chi connectivity index (χ1v) is 9.75. The highest BCUT2D eigenvalue weighted by atomic mass is 35.5. The van der Waals surface area contributed by atoms with Gasteiger partial charge in [-0.05, 0) is 54.2 Å². The maximum Gasteiger partial charge on any atom is 0.339 e. The lowest BCUT2D eigenvalue weighted by atomic mass is 9.86. The summed E-state index contributed by atoms with van der Waals surface area (Å²) in [4.78, 5) is 28.8. The van der Waals surface area contributed by atoms with Crippen LogP contribution in [0.4, 0.5) is 0 Å². The number of carbonyl (C=O) groups is 2. The van der Waals surface area contributed by atoms with E-state index >= 15 is 0 Å². The van der Waals surface area contributed by atoms with Crippen molar-refractivity contribution in [2.45, 2.75) is 19.3 Å². The second-order valence-electron chi connectivity index (χ2n) is 6.92. The number of amides is 1. The molecule has 0 bridgehead atoms. The van der Waals surface area contributed by atoms with Crippen LogP contribution in [0.3, 0.4) is 0 Å². The molecule has 29 heavy (non-hydrogen) atoms. The summed E-state index contributed by atoms with van der Waals surface area (Å²) in [6.45, 7) is -0.452. The summed E-state index contributed by atoms with van der Waals surface area (Å²) >= 11 is 6.34. The van der Waals surface area contributed by atoms with E-state index < -0.39 is 18.5 Å². The molecule has 3 aromatic rings. The summed E-state index contributed by atoms with van der Waals surface area (Å²) in [5.41, 5.74) is 9.84. The third kappa shape index (κ3) is 3.87. The molecule has 0 radical (unpaired) electrons. The number of nitrogens with two attached hydrogens (primary N) is 1. The number of nitrogens with zero attached hydrogens (tertiary/aromatic N) is 1. The zero-order valence-corrected chi connectivity index (χ0v) is 16.4. The van der Waals surface area contributed by atoms with Crippen molar-refractivity contribution in [1.29, 1.82) is 0 Å². The van der Waals surface area contributed by atoms with Gasteiger partial charge in [0.2, 0.25) is 0 Å². The predicted molar refractivity (Wildman–Crippen MR) is 113 cm³/mol. The van der Waals surface area contributed by atoms with E-state index in [-0.39, 0.29) is 0 Å². The predicted octanol–water partition coefficient (Wildman–Crippen LogP) is 4.41. The minimum Gasteiger partial charge on any atom is -0.452 e. The lowest BCUT2D eigenvalue weighted by molar-refractivity contribution is -0.121. The van der Waals surface area contributed by atoms with Crippen molar-refractivity contribution >= 4 is 46.0 Å². The molecule has 1 heterocycles. The van der Waals surface area contributed by atoms with Gasteiger partial charge in [0.1, 0.15) is 0 Å². The van der Waals surface area contributed by atoms with E-state index in [9.17, 15) is 9.59 Å². The Morgan fingerprint density at radius 2 is 1.86 bits per heavy atom. The fourth-order valence-corrected chi connectivity index (χ4v) is 3.89. The topological polar surface area (TPSA) is 82.3 Å². The number of fused-ring (bicyclic) bond motifs is 2. The lowest BCUT2D eigenvalue weighted by Gasteiger charge is -2.22. The number of hydrogen-bond donors (Lipinski definition) is 1. The number of hydrogen-bond acceptors (Lipinski definition) is 4. The van der Waals surface area contributed by atoms with Crippen molar-refractivity contribution in [3.63, 3.8) is 0 Å². The zero-order chi connectivity index (χ0) is 20.4. The van der Waals surface area contributed by atoms with Crippen LogP contribution in [0.25, 0.3) is 22.6 Å². The summed E-state index contributed by atoms with van der Waals surface area (Å²) in [7, 11) is 0. The number of para-hydroxylation sites is 1. The van der Waals surface area contributed by atoms with Crippen molar-refractivity contribution in [2.75, 3.05) is 6.61 Å². The van der Waals surface area contributed by atoms with E-state index in [1.165, 1.54) is 0 Å². The molecule has 1 aliphatic carbocycles. The Labute approximate surface area is 173 Å². The molecule has 0 atom stereocenters. The van der Waals surface area contributed by atoms with Crippen LogP contribution in [0.5, 0.6) is 0 Å². The first-order valence-electron chi connectivity index (χ1n) is 9.37. The van der Waals surface area contributed by atoms with Crippen molar-refractivity contribution < 1.29 is 14.3 Å². The molecule has 6 heteroatoms. The standard InChI is InChI=1S/C23H19ClN2O3/c24-18-10-3-1-6-14(18)12-15-7-5-9-17-21(23(28)29-13-20(25)27)16-8-2-4-11-19(16)26-22(15)17/h1-4,6,8,10-12H,5,7,9,13H2,(H2,25,27)/b15-12+. The summed E-state index contributed by atoms with van der Waals surface area (Å²) in [6.07, 6.45) is 4.44. The average molecular weight is 407 g/mol. The summed E-state index contributed by atoms with van der Waals surface area (Å²) in [6, 6.07) is 15.0. The van der Waals surface area contributed by atoms with Gasteiger partial charge >= 0.3 is 5.97 Å². The molecule has 0 saturated carbocycles. The summed E-state index contributed by atoms with van der Waals surface area (Å²) < 4.78 is 5.15. The molecule has 4 rings (SSSR count). The van der Waals surface area contributed by atoms with Gasteiger partial charge in [0.15, 0.2) is 6.61 Å². The van der Waals surface area contributed by atoms with Crippen LogP contribution in [0, 0.1) is 0 Å². The fraction of sp³-hybridized carbons (Fsp3) is 0.174. The van der Waals surface area contributed by atoms with Gasteiger partial charge in [0.05, 0.1) is 16.8 Å². The Bertz CT molecular complexity index is 1150. The quantitative estimate of drug-likeness (QED) is 0.650. The van der Waals surface area contributed by atoms with Crippen LogP contribution >= 0.6 is 11.6 Å². The molecular weight excluding hydrogens is 388 g/mol. The maximum atomic E-state index is 12.9. The summed E-state index contributed by atoms with van der Waals surface area (Å²) in [5, 5.41) is 1.37. The van der Waals surface area contributed by atoms with Gasteiger partial charge < -0.3 is 10.5 Å². The van der Waals surface area contributed by atoms with E-state index in [0.29, 0.717) is 27.9 Å². The van der Waals surface area contributed by atoms with Crippen LogP contribution in [0.2, 0.25) is 5.02 Å². The van der Waals surface area contributed by atoms with Crippen molar-refractivity contribution in [1.82, 2.24) is 4.98 Å². The number of pyridine rings is 1. The van der Waals surface area contributed by atoms with Crippen LogP contribution in [0.15, 0.2) is 48.5 Å². The number of allylic oxidation sites excluding steroid dienone is 1. The normalized spacial score (nSPS) is 14.6. The van der Waals surface area contributed by atoms with Gasteiger partial charge in [-0.3, -0.25) is 4.79 Å². The Morgan fingerprint density at radius 3 is 2.66 bits per heavy atom. The molecular formula is C23H19ClN2O3. The number of carbonyl (C=O) groups excluding carboxylic acids is 2. The Balaban J connectivity index is 1.90. The number of rotatable bonds is 4. The number of benzene rings is 2. The molecule has 0 fully saturated rings. The zero-order valence-electron chi connectivity index (χ0n) is 15.7. The van der Waals surface area contributed by atoms with Crippen molar-refractivity contribution in [3.05, 3.63) is 75.9 Å². The highest BCUT2D eigenvalue weighted by molar-refractivity contribution is 6.32. The van der Waals surface area contributed by atoms with Crippen LogP contribution < -0.4 is 5.73 Å². The smallest absolute Gasteiger partial charge is 0.339 e. The molecule has 0 spiro atoms. The molecule has 0 unspecified atom stereocenters. The molecule has 2 N–H and O–H groups in total. The number of esters is 1. The molecule has 5 nitrogen and oxygen atoms in total. The molecule has 1 aromatic heterocycles. The first-order chi connectivity index (χ1) is 14.0. The average Bonchev–Trinajstić information content (AvgIpc) is 2.72. The van der Waals surface area contributed by atoms with E-state index in [1.54, 1.807) is 0 Å². The Hall–Kier alpha value is -3.18. The van der Waals surface area contributed by atoms with Gasteiger partial charge in [-0.1, -0.05) is 48.0 Å². The number of primary amides is 1. The van der Waals surface area contributed by atoms with E-state index in [0.717, 1.165) is 35.2 Å².